The highest BCUT2D eigenvalue weighted by Crippen LogP contribution is 2.14. The van der Waals surface area contributed by atoms with Crippen LogP contribution in [-0.2, 0) is 0 Å². The number of furan rings is 1. The van der Waals surface area contributed by atoms with Gasteiger partial charge in [-0.15, -0.1) is 0 Å². The number of halogens is 1. The van der Waals surface area contributed by atoms with Gasteiger partial charge in [0.05, 0.1) is 11.7 Å². The van der Waals surface area contributed by atoms with E-state index in [0.717, 1.165) is 6.42 Å². The van der Waals surface area contributed by atoms with E-state index >= 15 is 0 Å². The average Bonchev–Trinajstić information content (AvgIpc) is 2.71. The van der Waals surface area contributed by atoms with E-state index in [2.05, 4.69) is 21.2 Å². The number of aliphatic hydroxyl groups excluding tert-OH is 1. The Balaban J connectivity index is 2.41. The van der Waals surface area contributed by atoms with Gasteiger partial charge in [0.2, 0.25) is 0 Å². The Morgan fingerprint density at radius 1 is 1.69 bits per heavy atom. The van der Waals surface area contributed by atoms with Crippen molar-refractivity contribution >= 4 is 21.8 Å². The SMILES string of the molecule is CCC(C)C(O)CNC(=O)c1coc(Br)c1. The first-order valence-corrected chi connectivity index (χ1v) is 6.04. The van der Waals surface area contributed by atoms with Crippen molar-refractivity contribution in [1.29, 1.82) is 0 Å². The Bertz CT molecular complexity index is 351. The Kier molecular flexibility index (Phi) is 5.02. The van der Waals surface area contributed by atoms with E-state index in [1.165, 1.54) is 6.26 Å². The van der Waals surface area contributed by atoms with E-state index in [1.54, 1.807) is 6.07 Å². The van der Waals surface area contributed by atoms with Crippen LogP contribution in [0.15, 0.2) is 21.4 Å². The molecule has 0 saturated carbocycles. The molecule has 0 aliphatic heterocycles. The first-order chi connectivity index (χ1) is 7.54. The second kappa shape index (κ2) is 6.06. The first-order valence-electron chi connectivity index (χ1n) is 5.24. The second-order valence-corrected chi connectivity index (χ2v) is 4.58. The lowest BCUT2D eigenvalue weighted by Crippen LogP contribution is -2.35. The van der Waals surface area contributed by atoms with Gasteiger partial charge in [-0.05, 0) is 21.8 Å². The van der Waals surface area contributed by atoms with Crippen LogP contribution < -0.4 is 5.32 Å². The molecular formula is C11H16BrNO3. The number of aliphatic hydroxyl groups is 1. The molecule has 0 bridgehead atoms. The number of carbonyl (C=O) groups excluding carboxylic acids is 1. The summed E-state index contributed by atoms with van der Waals surface area (Å²) in [4.78, 5) is 11.6. The van der Waals surface area contributed by atoms with Crippen molar-refractivity contribution in [2.24, 2.45) is 5.92 Å². The maximum Gasteiger partial charge on any atom is 0.254 e. The third-order valence-corrected chi connectivity index (χ3v) is 3.02. The van der Waals surface area contributed by atoms with Crippen LogP contribution in [-0.4, -0.2) is 23.7 Å². The molecule has 2 atom stereocenters. The summed E-state index contributed by atoms with van der Waals surface area (Å²) in [5, 5.41) is 12.3. The molecule has 0 radical (unpaired) electrons. The van der Waals surface area contributed by atoms with Crippen LogP contribution in [0.4, 0.5) is 0 Å². The number of hydrogen-bond acceptors (Lipinski definition) is 3. The Morgan fingerprint density at radius 2 is 2.38 bits per heavy atom. The summed E-state index contributed by atoms with van der Waals surface area (Å²) in [5.74, 6) is -0.0619. The van der Waals surface area contributed by atoms with Crippen molar-refractivity contribution in [2.45, 2.75) is 26.4 Å². The average molecular weight is 290 g/mol. The molecule has 4 nitrogen and oxygen atoms in total. The van der Waals surface area contributed by atoms with Gasteiger partial charge in [0.1, 0.15) is 6.26 Å². The molecule has 0 aliphatic carbocycles. The van der Waals surface area contributed by atoms with Crippen molar-refractivity contribution in [3.63, 3.8) is 0 Å². The minimum Gasteiger partial charge on any atom is -0.457 e. The molecule has 2 unspecified atom stereocenters. The van der Waals surface area contributed by atoms with E-state index in [9.17, 15) is 9.90 Å². The van der Waals surface area contributed by atoms with Gasteiger partial charge in [0.25, 0.3) is 5.91 Å². The smallest absolute Gasteiger partial charge is 0.254 e. The van der Waals surface area contributed by atoms with Crippen LogP contribution in [0.25, 0.3) is 0 Å². The molecular weight excluding hydrogens is 274 g/mol. The summed E-state index contributed by atoms with van der Waals surface area (Å²) >= 11 is 3.12. The molecule has 16 heavy (non-hydrogen) atoms. The molecule has 1 heterocycles. The fourth-order valence-electron chi connectivity index (χ4n) is 1.20. The molecule has 1 amide bonds. The Hall–Kier alpha value is -0.810. The number of amides is 1. The molecule has 90 valence electrons. The van der Waals surface area contributed by atoms with E-state index in [0.29, 0.717) is 10.2 Å². The fraction of sp³-hybridized carbons (Fsp3) is 0.545. The summed E-state index contributed by atoms with van der Waals surface area (Å²) in [7, 11) is 0. The van der Waals surface area contributed by atoms with Crippen LogP contribution in [0.2, 0.25) is 0 Å². The molecule has 0 aliphatic rings. The largest absolute Gasteiger partial charge is 0.457 e. The lowest BCUT2D eigenvalue weighted by atomic mass is 10.0. The van der Waals surface area contributed by atoms with Crippen molar-refractivity contribution in [1.82, 2.24) is 5.32 Å². The predicted molar refractivity (Wildman–Crippen MR) is 64.2 cm³/mol. The highest BCUT2D eigenvalue weighted by molar-refractivity contribution is 9.10. The minimum atomic E-state index is -0.510. The monoisotopic (exact) mass is 289 g/mol. The zero-order valence-corrected chi connectivity index (χ0v) is 11.0. The van der Waals surface area contributed by atoms with Crippen LogP contribution in [0.3, 0.4) is 0 Å². The quantitative estimate of drug-likeness (QED) is 0.873. The standard InChI is InChI=1S/C11H16BrNO3/c1-3-7(2)9(14)5-13-11(15)8-4-10(12)16-6-8/h4,6-7,9,14H,3,5H2,1-2H3,(H,13,15). The van der Waals surface area contributed by atoms with E-state index < -0.39 is 6.10 Å². The molecule has 0 spiro atoms. The summed E-state index contributed by atoms with van der Waals surface area (Å²) in [6.45, 7) is 4.21. The Morgan fingerprint density at radius 3 is 2.88 bits per heavy atom. The zero-order valence-electron chi connectivity index (χ0n) is 9.37. The van der Waals surface area contributed by atoms with Crippen molar-refractivity contribution < 1.29 is 14.3 Å². The van der Waals surface area contributed by atoms with Gasteiger partial charge in [0, 0.05) is 12.6 Å². The lowest BCUT2D eigenvalue weighted by molar-refractivity contribution is 0.0849. The molecule has 1 aromatic rings. The van der Waals surface area contributed by atoms with Crippen LogP contribution in [0.5, 0.6) is 0 Å². The highest BCUT2D eigenvalue weighted by Gasteiger charge is 2.15. The molecule has 0 aromatic carbocycles. The third-order valence-electron chi connectivity index (χ3n) is 2.60. The van der Waals surface area contributed by atoms with Crippen LogP contribution >= 0.6 is 15.9 Å². The van der Waals surface area contributed by atoms with Gasteiger partial charge in [-0.25, -0.2) is 0 Å². The topological polar surface area (TPSA) is 62.5 Å². The number of nitrogens with one attached hydrogen (secondary N) is 1. The number of hydrogen-bond donors (Lipinski definition) is 2. The molecule has 0 fully saturated rings. The van der Waals surface area contributed by atoms with Crippen molar-refractivity contribution in [3.8, 4) is 0 Å². The molecule has 1 aromatic heterocycles. The van der Waals surface area contributed by atoms with Crippen LogP contribution in [0.1, 0.15) is 30.6 Å². The van der Waals surface area contributed by atoms with Crippen LogP contribution in [0, 0.1) is 5.92 Å². The third kappa shape index (κ3) is 3.64. The van der Waals surface area contributed by atoms with Gasteiger partial charge < -0.3 is 14.8 Å². The van der Waals surface area contributed by atoms with E-state index in [1.807, 2.05) is 13.8 Å². The summed E-state index contributed by atoms with van der Waals surface area (Å²) in [6, 6.07) is 1.59. The van der Waals surface area contributed by atoms with Gasteiger partial charge in [-0.3, -0.25) is 4.79 Å². The van der Waals surface area contributed by atoms with Crippen molar-refractivity contribution in [2.75, 3.05) is 6.54 Å². The van der Waals surface area contributed by atoms with Gasteiger partial charge in [-0.2, -0.15) is 0 Å². The first kappa shape index (κ1) is 13.3. The Labute approximate surface area is 103 Å². The van der Waals surface area contributed by atoms with Crippen molar-refractivity contribution in [3.05, 3.63) is 22.6 Å². The van der Waals surface area contributed by atoms with Gasteiger partial charge >= 0.3 is 0 Å². The highest BCUT2D eigenvalue weighted by atomic mass is 79.9. The molecule has 5 heteroatoms. The summed E-state index contributed by atoms with van der Waals surface area (Å²) in [6.07, 6.45) is 1.74. The summed E-state index contributed by atoms with van der Waals surface area (Å²) in [5.41, 5.74) is 0.447. The molecule has 0 saturated heterocycles. The molecule has 1 rings (SSSR count). The second-order valence-electron chi connectivity index (χ2n) is 3.80. The van der Waals surface area contributed by atoms with E-state index in [-0.39, 0.29) is 18.4 Å². The lowest BCUT2D eigenvalue weighted by Gasteiger charge is -2.17. The minimum absolute atomic E-state index is 0.177. The van der Waals surface area contributed by atoms with Gasteiger partial charge in [-0.1, -0.05) is 20.3 Å². The van der Waals surface area contributed by atoms with Gasteiger partial charge in [0.15, 0.2) is 4.67 Å². The maximum absolute atomic E-state index is 11.6. The summed E-state index contributed by atoms with van der Waals surface area (Å²) < 4.78 is 5.47. The normalized spacial score (nSPS) is 14.5. The number of rotatable bonds is 5. The van der Waals surface area contributed by atoms with E-state index in [4.69, 9.17) is 4.42 Å². The fourth-order valence-corrected chi connectivity index (χ4v) is 1.54. The maximum atomic E-state index is 11.6. The number of carbonyl (C=O) groups is 1. The zero-order chi connectivity index (χ0) is 12.1. The predicted octanol–water partition coefficient (Wildman–Crippen LogP) is 2.18. The molecule has 2 N–H and O–H groups in total.